The van der Waals surface area contributed by atoms with Crippen LogP contribution in [0.15, 0.2) is 101 Å². The molecule has 0 bridgehead atoms. The number of hydrogen-bond donors (Lipinski definition) is 0. The molecule has 1 heterocycles. The molecule has 138 valence electrons. The molecule has 0 saturated heterocycles. The largest absolute Gasteiger partial charge is 0.489 e. The van der Waals surface area contributed by atoms with Crippen LogP contribution in [0.2, 0.25) is 0 Å². The maximum atomic E-state index is 12.7. The van der Waals surface area contributed by atoms with E-state index in [-0.39, 0.29) is 11.2 Å². The van der Waals surface area contributed by atoms with Crippen molar-refractivity contribution in [3.8, 4) is 28.4 Å². The van der Waals surface area contributed by atoms with E-state index in [4.69, 9.17) is 13.9 Å². The minimum atomic E-state index is -0.233. The molecule has 4 aromatic rings. The van der Waals surface area contributed by atoms with Crippen molar-refractivity contribution < 1.29 is 13.9 Å². The molecule has 1 aromatic heterocycles. The number of benzene rings is 3. The molecule has 0 unspecified atom stereocenters. The van der Waals surface area contributed by atoms with Crippen LogP contribution in [-0.4, -0.2) is 6.61 Å². The summed E-state index contributed by atoms with van der Waals surface area (Å²) in [6.07, 6.45) is 2.98. The standard InChI is InChI=1S/C24H18O4/c1-2-14-26-20-12-13-21-22(15-20)27-16-23(24(21)25)28-19-10-8-18(9-11-19)17-6-4-3-5-7-17/h2-13,15-16H,1,14H2. The van der Waals surface area contributed by atoms with Crippen molar-refractivity contribution in [2.75, 3.05) is 6.61 Å². The van der Waals surface area contributed by atoms with Crippen LogP contribution >= 0.6 is 0 Å². The molecule has 0 saturated carbocycles. The Morgan fingerprint density at radius 2 is 1.61 bits per heavy atom. The Morgan fingerprint density at radius 1 is 0.893 bits per heavy atom. The highest BCUT2D eigenvalue weighted by molar-refractivity contribution is 5.79. The Hall–Kier alpha value is -3.79. The molecule has 0 atom stereocenters. The summed E-state index contributed by atoms with van der Waals surface area (Å²) in [5.41, 5.74) is 2.40. The zero-order valence-electron chi connectivity index (χ0n) is 15.1. The minimum absolute atomic E-state index is 0.139. The third-order valence-electron chi connectivity index (χ3n) is 4.27. The summed E-state index contributed by atoms with van der Waals surface area (Å²) in [5.74, 6) is 1.32. The van der Waals surface area contributed by atoms with Crippen LogP contribution in [0.3, 0.4) is 0 Å². The van der Waals surface area contributed by atoms with E-state index in [0.29, 0.717) is 29.1 Å². The number of fused-ring (bicyclic) bond motifs is 1. The first-order valence-corrected chi connectivity index (χ1v) is 8.87. The van der Waals surface area contributed by atoms with E-state index in [9.17, 15) is 4.79 Å². The molecule has 4 rings (SSSR count). The first kappa shape index (κ1) is 17.6. The van der Waals surface area contributed by atoms with Gasteiger partial charge in [-0.1, -0.05) is 55.1 Å². The predicted molar refractivity (Wildman–Crippen MR) is 110 cm³/mol. The third kappa shape index (κ3) is 3.67. The van der Waals surface area contributed by atoms with Gasteiger partial charge in [0.1, 0.15) is 30.0 Å². The van der Waals surface area contributed by atoms with Gasteiger partial charge in [0, 0.05) is 6.07 Å². The van der Waals surface area contributed by atoms with Crippen molar-refractivity contribution in [2.24, 2.45) is 0 Å². The molecule has 0 amide bonds. The summed E-state index contributed by atoms with van der Waals surface area (Å²) in [6.45, 7) is 4.00. The minimum Gasteiger partial charge on any atom is -0.489 e. The molecule has 28 heavy (non-hydrogen) atoms. The highest BCUT2D eigenvalue weighted by Gasteiger charge is 2.10. The molecule has 0 aliphatic rings. The normalized spacial score (nSPS) is 10.6. The SMILES string of the molecule is C=CCOc1ccc2c(=O)c(Oc3ccc(-c4ccccc4)cc3)coc2c1. The summed E-state index contributed by atoms with van der Waals surface area (Å²) in [7, 11) is 0. The lowest BCUT2D eigenvalue weighted by atomic mass is 10.1. The summed E-state index contributed by atoms with van der Waals surface area (Å²) in [6, 6.07) is 22.7. The van der Waals surface area contributed by atoms with Gasteiger partial charge in [-0.3, -0.25) is 4.79 Å². The van der Waals surface area contributed by atoms with Crippen molar-refractivity contribution >= 4 is 11.0 Å². The summed E-state index contributed by atoms with van der Waals surface area (Å²) < 4.78 is 16.8. The lowest BCUT2D eigenvalue weighted by Crippen LogP contribution is -2.05. The van der Waals surface area contributed by atoms with Gasteiger partial charge in [-0.05, 0) is 35.4 Å². The van der Waals surface area contributed by atoms with Crippen LogP contribution in [0.25, 0.3) is 22.1 Å². The molecule has 0 fully saturated rings. The summed E-state index contributed by atoms with van der Waals surface area (Å²) in [5, 5.41) is 0.435. The van der Waals surface area contributed by atoms with Gasteiger partial charge in [0.05, 0.1) is 5.39 Å². The smallest absolute Gasteiger partial charge is 0.235 e. The molecule has 4 heteroatoms. The Labute approximate surface area is 162 Å². The molecule has 0 aliphatic heterocycles. The van der Waals surface area contributed by atoms with E-state index in [0.717, 1.165) is 11.1 Å². The highest BCUT2D eigenvalue weighted by atomic mass is 16.5. The fourth-order valence-corrected chi connectivity index (χ4v) is 2.88. The second kappa shape index (κ2) is 7.84. The number of hydrogen-bond acceptors (Lipinski definition) is 4. The zero-order valence-corrected chi connectivity index (χ0v) is 15.1. The maximum absolute atomic E-state index is 12.7. The maximum Gasteiger partial charge on any atom is 0.235 e. The molecule has 0 spiro atoms. The van der Waals surface area contributed by atoms with Crippen LogP contribution in [0.1, 0.15) is 0 Å². The highest BCUT2D eigenvalue weighted by Crippen LogP contribution is 2.26. The van der Waals surface area contributed by atoms with Gasteiger partial charge in [0.25, 0.3) is 0 Å². The van der Waals surface area contributed by atoms with E-state index in [1.165, 1.54) is 6.26 Å². The van der Waals surface area contributed by atoms with Crippen molar-refractivity contribution in [3.05, 3.63) is 102 Å². The number of ether oxygens (including phenoxy) is 2. The van der Waals surface area contributed by atoms with Gasteiger partial charge in [-0.25, -0.2) is 0 Å². The van der Waals surface area contributed by atoms with Gasteiger partial charge >= 0.3 is 0 Å². The van der Waals surface area contributed by atoms with E-state index in [2.05, 4.69) is 6.58 Å². The topological polar surface area (TPSA) is 48.7 Å². The molecule has 0 N–H and O–H groups in total. The second-order valence-electron chi connectivity index (χ2n) is 6.18. The molecule has 3 aromatic carbocycles. The number of rotatable bonds is 6. The van der Waals surface area contributed by atoms with Gasteiger partial charge < -0.3 is 13.9 Å². The Bertz CT molecular complexity index is 1160. The van der Waals surface area contributed by atoms with Crippen LogP contribution in [0.5, 0.6) is 17.2 Å². The van der Waals surface area contributed by atoms with E-state index >= 15 is 0 Å². The Kier molecular flexibility index (Phi) is 4.93. The van der Waals surface area contributed by atoms with Crippen LogP contribution in [0.4, 0.5) is 0 Å². The summed E-state index contributed by atoms with van der Waals surface area (Å²) >= 11 is 0. The first-order chi connectivity index (χ1) is 13.7. The Balaban J connectivity index is 1.58. The Morgan fingerprint density at radius 3 is 2.36 bits per heavy atom. The van der Waals surface area contributed by atoms with Crippen molar-refractivity contribution in [1.29, 1.82) is 0 Å². The van der Waals surface area contributed by atoms with E-state index < -0.39 is 0 Å². The average Bonchev–Trinajstić information content (AvgIpc) is 2.75. The molecular weight excluding hydrogens is 352 g/mol. The zero-order chi connectivity index (χ0) is 19.3. The molecular formula is C24H18O4. The van der Waals surface area contributed by atoms with Crippen molar-refractivity contribution in [2.45, 2.75) is 0 Å². The fourth-order valence-electron chi connectivity index (χ4n) is 2.88. The van der Waals surface area contributed by atoms with Gasteiger partial charge in [0.2, 0.25) is 11.2 Å². The van der Waals surface area contributed by atoms with Crippen molar-refractivity contribution in [3.63, 3.8) is 0 Å². The summed E-state index contributed by atoms with van der Waals surface area (Å²) in [4.78, 5) is 12.7. The lowest BCUT2D eigenvalue weighted by Gasteiger charge is -2.08. The predicted octanol–water partition coefficient (Wildman–Crippen LogP) is 5.82. The molecule has 0 aliphatic carbocycles. The third-order valence-corrected chi connectivity index (χ3v) is 4.27. The van der Waals surface area contributed by atoms with E-state index in [1.807, 2.05) is 54.6 Å². The van der Waals surface area contributed by atoms with Crippen molar-refractivity contribution in [1.82, 2.24) is 0 Å². The quantitative estimate of drug-likeness (QED) is 0.401. The monoisotopic (exact) mass is 370 g/mol. The first-order valence-electron chi connectivity index (χ1n) is 8.87. The fraction of sp³-hybridized carbons (Fsp3) is 0.0417. The van der Waals surface area contributed by atoms with Crippen LogP contribution in [0, 0.1) is 0 Å². The van der Waals surface area contributed by atoms with Gasteiger partial charge in [-0.2, -0.15) is 0 Å². The lowest BCUT2D eigenvalue weighted by molar-refractivity contribution is 0.363. The van der Waals surface area contributed by atoms with Crippen LogP contribution in [-0.2, 0) is 0 Å². The van der Waals surface area contributed by atoms with Crippen LogP contribution < -0.4 is 14.9 Å². The van der Waals surface area contributed by atoms with E-state index in [1.54, 1.807) is 24.3 Å². The van der Waals surface area contributed by atoms with Gasteiger partial charge in [0.15, 0.2) is 0 Å². The second-order valence-corrected chi connectivity index (χ2v) is 6.18. The van der Waals surface area contributed by atoms with Gasteiger partial charge in [-0.15, -0.1) is 0 Å². The average molecular weight is 370 g/mol. The molecule has 0 radical (unpaired) electrons. The molecule has 4 nitrogen and oxygen atoms in total.